The smallest absolute Gasteiger partial charge is 0.240 e. The Labute approximate surface area is 104 Å². The zero-order chi connectivity index (χ0) is 12.3. The molecule has 1 aliphatic heterocycles. The van der Waals surface area contributed by atoms with Crippen molar-refractivity contribution in [3.05, 3.63) is 0 Å². The third kappa shape index (κ3) is 2.47. The Morgan fingerprint density at radius 1 is 1.47 bits per heavy atom. The van der Waals surface area contributed by atoms with Gasteiger partial charge < -0.3 is 16.4 Å². The molecule has 0 aromatic rings. The zero-order valence-electron chi connectivity index (χ0n) is 10.8. The summed E-state index contributed by atoms with van der Waals surface area (Å²) in [5.74, 6) is 0.678. The average molecular weight is 239 g/mol. The van der Waals surface area contributed by atoms with Gasteiger partial charge in [0.05, 0.1) is 5.54 Å². The van der Waals surface area contributed by atoms with Crippen LogP contribution < -0.4 is 16.4 Å². The van der Waals surface area contributed by atoms with E-state index < -0.39 is 0 Å². The van der Waals surface area contributed by atoms with Crippen molar-refractivity contribution in [2.24, 2.45) is 11.7 Å². The lowest BCUT2D eigenvalue weighted by atomic mass is 9.92. The van der Waals surface area contributed by atoms with Crippen molar-refractivity contribution in [1.82, 2.24) is 10.6 Å². The molecular weight excluding hydrogens is 214 g/mol. The predicted molar refractivity (Wildman–Crippen MR) is 68.6 cm³/mol. The molecule has 4 heteroatoms. The van der Waals surface area contributed by atoms with Gasteiger partial charge in [-0.2, -0.15) is 0 Å². The highest BCUT2D eigenvalue weighted by Gasteiger charge is 2.41. The largest absolute Gasteiger partial charge is 0.351 e. The van der Waals surface area contributed by atoms with E-state index in [1.807, 2.05) is 0 Å². The number of carbonyl (C=O) groups is 1. The summed E-state index contributed by atoms with van der Waals surface area (Å²) in [6, 6.07) is 0.304. The van der Waals surface area contributed by atoms with Crippen LogP contribution in [0.25, 0.3) is 0 Å². The Kier molecular flexibility index (Phi) is 4.05. The average Bonchev–Trinajstić information content (AvgIpc) is 2.97. The first kappa shape index (κ1) is 12.8. The Morgan fingerprint density at radius 3 is 2.88 bits per heavy atom. The van der Waals surface area contributed by atoms with Crippen molar-refractivity contribution in [2.45, 2.75) is 57.0 Å². The molecule has 1 saturated heterocycles. The summed E-state index contributed by atoms with van der Waals surface area (Å²) in [7, 11) is 0. The van der Waals surface area contributed by atoms with E-state index in [1.165, 1.54) is 6.42 Å². The molecule has 0 aromatic heterocycles. The summed E-state index contributed by atoms with van der Waals surface area (Å²) in [5, 5.41) is 6.62. The molecule has 4 N–H and O–H groups in total. The van der Waals surface area contributed by atoms with Gasteiger partial charge >= 0.3 is 0 Å². The first-order valence-corrected chi connectivity index (χ1v) is 6.98. The maximum atomic E-state index is 12.4. The van der Waals surface area contributed by atoms with Crippen molar-refractivity contribution in [2.75, 3.05) is 13.1 Å². The minimum absolute atomic E-state index is 0.197. The van der Waals surface area contributed by atoms with Crippen LogP contribution in [0.2, 0.25) is 0 Å². The van der Waals surface area contributed by atoms with Gasteiger partial charge in [-0.3, -0.25) is 4.79 Å². The first-order chi connectivity index (χ1) is 8.22. The van der Waals surface area contributed by atoms with Crippen LogP contribution in [0.5, 0.6) is 0 Å². The third-order valence-corrected chi connectivity index (χ3v) is 4.56. The maximum absolute atomic E-state index is 12.4. The summed E-state index contributed by atoms with van der Waals surface area (Å²) in [6.45, 7) is 3.75. The number of rotatable bonds is 4. The molecule has 0 radical (unpaired) electrons. The Bertz CT molecular complexity index is 274. The number of nitrogens with one attached hydrogen (secondary N) is 2. The van der Waals surface area contributed by atoms with Crippen LogP contribution in [-0.4, -0.2) is 30.6 Å². The number of hydrogen-bond acceptors (Lipinski definition) is 3. The molecule has 1 amide bonds. The van der Waals surface area contributed by atoms with Gasteiger partial charge in [0.25, 0.3) is 0 Å². The second kappa shape index (κ2) is 5.36. The molecule has 3 unspecified atom stereocenters. The summed E-state index contributed by atoms with van der Waals surface area (Å²) < 4.78 is 0. The molecular formula is C13H25N3O. The van der Waals surface area contributed by atoms with Crippen LogP contribution in [-0.2, 0) is 4.79 Å². The Balaban J connectivity index is 1.96. The quantitative estimate of drug-likeness (QED) is 0.678. The lowest BCUT2D eigenvalue weighted by Gasteiger charge is -2.30. The summed E-state index contributed by atoms with van der Waals surface area (Å²) in [6.07, 6.45) is 6.39. The van der Waals surface area contributed by atoms with Crippen LogP contribution in [0.3, 0.4) is 0 Å². The van der Waals surface area contributed by atoms with Gasteiger partial charge in [-0.15, -0.1) is 0 Å². The van der Waals surface area contributed by atoms with Gasteiger partial charge in [0.1, 0.15) is 0 Å². The van der Waals surface area contributed by atoms with E-state index in [0.29, 0.717) is 18.5 Å². The minimum atomic E-state index is -0.304. The fourth-order valence-corrected chi connectivity index (χ4v) is 3.28. The molecule has 0 aromatic carbocycles. The summed E-state index contributed by atoms with van der Waals surface area (Å²) in [4.78, 5) is 12.4. The first-order valence-electron chi connectivity index (χ1n) is 6.98. The molecule has 0 spiro atoms. The molecule has 2 fully saturated rings. The summed E-state index contributed by atoms with van der Waals surface area (Å²) in [5.41, 5.74) is 5.45. The molecule has 1 saturated carbocycles. The predicted octanol–water partition coefficient (Wildman–Crippen LogP) is 0.762. The lowest BCUT2D eigenvalue weighted by molar-refractivity contribution is -0.128. The van der Waals surface area contributed by atoms with Crippen molar-refractivity contribution < 1.29 is 4.79 Å². The molecule has 1 aliphatic carbocycles. The molecule has 98 valence electrons. The number of hydrogen-bond donors (Lipinski definition) is 3. The molecule has 3 atom stereocenters. The monoisotopic (exact) mass is 239 g/mol. The fourth-order valence-electron chi connectivity index (χ4n) is 3.28. The van der Waals surface area contributed by atoms with Crippen LogP contribution in [0.4, 0.5) is 0 Å². The highest BCUT2D eigenvalue weighted by molar-refractivity contribution is 5.87. The highest BCUT2D eigenvalue weighted by atomic mass is 16.2. The highest BCUT2D eigenvalue weighted by Crippen LogP contribution is 2.27. The Hall–Kier alpha value is -0.610. The van der Waals surface area contributed by atoms with Gasteiger partial charge in [-0.25, -0.2) is 0 Å². The second-order valence-electron chi connectivity index (χ2n) is 5.47. The van der Waals surface area contributed by atoms with Crippen molar-refractivity contribution in [3.8, 4) is 0 Å². The van der Waals surface area contributed by atoms with Crippen LogP contribution in [0, 0.1) is 5.92 Å². The van der Waals surface area contributed by atoms with E-state index in [2.05, 4.69) is 17.6 Å². The second-order valence-corrected chi connectivity index (χ2v) is 5.47. The van der Waals surface area contributed by atoms with Crippen LogP contribution in [0.15, 0.2) is 0 Å². The van der Waals surface area contributed by atoms with Gasteiger partial charge in [0, 0.05) is 6.04 Å². The van der Waals surface area contributed by atoms with Crippen molar-refractivity contribution >= 4 is 5.91 Å². The van der Waals surface area contributed by atoms with E-state index >= 15 is 0 Å². The number of amides is 1. The van der Waals surface area contributed by atoms with E-state index in [0.717, 1.165) is 38.6 Å². The fraction of sp³-hybridized carbons (Fsp3) is 0.923. The van der Waals surface area contributed by atoms with E-state index in [4.69, 9.17) is 5.73 Å². The molecule has 0 bridgehead atoms. The molecule has 2 aliphatic rings. The maximum Gasteiger partial charge on any atom is 0.240 e. The summed E-state index contributed by atoms with van der Waals surface area (Å²) >= 11 is 0. The van der Waals surface area contributed by atoms with Gasteiger partial charge in [-0.05, 0) is 51.1 Å². The molecule has 2 rings (SSSR count). The topological polar surface area (TPSA) is 67.2 Å². The van der Waals surface area contributed by atoms with Gasteiger partial charge in [0.2, 0.25) is 5.91 Å². The molecule has 4 nitrogen and oxygen atoms in total. The normalized spacial score (nSPS) is 37.3. The lowest BCUT2D eigenvalue weighted by Crippen LogP contribution is -2.56. The van der Waals surface area contributed by atoms with Crippen LogP contribution in [0.1, 0.15) is 45.4 Å². The van der Waals surface area contributed by atoms with E-state index in [9.17, 15) is 4.79 Å². The Morgan fingerprint density at radius 2 is 2.29 bits per heavy atom. The van der Waals surface area contributed by atoms with Crippen molar-refractivity contribution in [1.29, 1.82) is 0 Å². The van der Waals surface area contributed by atoms with E-state index in [1.54, 1.807) is 0 Å². The SMILES string of the molecule is CCC1(C(=O)NC2CCCC2CN)CCCN1. The minimum Gasteiger partial charge on any atom is -0.351 e. The van der Waals surface area contributed by atoms with Crippen molar-refractivity contribution in [3.63, 3.8) is 0 Å². The van der Waals surface area contributed by atoms with E-state index in [-0.39, 0.29) is 11.4 Å². The molecule has 1 heterocycles. The third-order valence-electron chi connectivity index (χ3n) is 4.56. The zero-order valence-corrected chi connectivity index (χ0v) is 10.8. The van der Waals surface area contributed by atoms with Crippen LogP contribution >= 0.6 is 0 Å². The van der Waals surface area contributed by atoms with Gasteiger partial charge in [-0.1, -0.05) is 13.3 Å². The number of nitrogens with two attached hydrogens (primary N) is 1. The number of carbonyl (C=O) groups excluding carboxylic acids is 1. The molecule has 17 heavy (non-hydrogen) atoms. The van der Waals surface area contributed by atoms with Gasteiger partial charge in [0.15, 0.2) is 0 Å². The standard InChI is InChI=1S/C13H25N3O/c1-2-13(7-4-8-15-13)12(17)16-11-6-3-5-10(11)9-14/h10-11,15H,2-9,14H2,1H3,(H,16,17).